The summed E-state index contributed by atoms with van der Waals surface area (Å²) in [7, 11) is 0. The molecule has 44 heavy (non-hydrogen) atoms. The van der Waals surface area contributed by atoms with Crippen LogP contribution in [0.2, 0.25) is 0 Å². The quantitative estimate of drug-likeness (QED) is 0.114. The van der Waals surface area contributed by atoms with E-state index in [1.165, 1.54) is 0 Å². The van der Waals surface area contributed by atoms with Crippen LogP contribution in [0.4, 0.5) is 83.4 Å². The first-order valence-corrected chi connectivity index (χ1v) is 10.8. The number of halogens is 19. The summed E-state index contributed by atoms with van der Waals surface area (Å²) in [5, 5.41) is 0. The molecule has 0 bridgehead atoms. The Morgan fingerprint density at radius 1 is 0.227 bits per heavy atom. The summed E-state index contributed by atoms with van der Waals surface area (Å²) in [4.78, 5) is 0. The Labute approximate surface area is 228 Å². The van der Waals surface area contributed by atoms with Crippen LogP contribution in [-0.4, -0.2) is 6.15 Å². The van der Waals surface area contributed by atoms with E-state index in [9.17, 15) is 48.3 Å². The Balaban J connectivity index is 2.66. The van der Waals surface area contributed by atoms with E-state index in [0.717, 1.165) is 0 Å². The van der Waals surface area contributed by atoms with Crippen molar-refractivity contribution in [2.45, 2.75) is 0 Å². The molecule has 0 saturated heterocycles. The molecule has 0 heterocycles. The third-order valence-electron chi connectivity index (χ3n) is 6.61. The lowest BCUT2D eigenvalue weighted by Crippen LogP contribution is -2.81. The molecule has 0 aliphatic carbocycles. The molecule has 0 unspecified atom stereocenters. The van der Waals surface area contributed by atoms with Gasteiger partial charge in [-0.25, -0.2) is 83.4 Å². The summed E-state index contributed by atoms with van der Waals surface area (Å²) in [5.41, 5.74) is -13.5. The Bertz CT molecular complexity index is 1660. The van der Waals surface area contributed by atoms with Gasteiger partial charge in [-0.1, -0.05) is 0 Å². The van der Waals surface area contributed by atoms with Crippen LogP contribution >= 0.6 is 0 Å². The highest BCUT2D eigenvalue weighted by Crippen LogP contribution is 2.30. The van der Waals surface area contributed by atoms with E-state index in [4.69, 9.17) is 0 Å². The van der Waals surface area contributed by atoms with E-state index in [2.05, 4.69) is 0 Å². The molecule has 0 N–H and O–H groups in total. The lowest BCUT2D eigenvalue weighted by atomic mass is 9.12. The van der Waals surface area contributed by atoms with Crippen LogP contribution in [0.15, 0.2) is 6.07 Å². The molecule has 234 valence electrons. The fraction of sp³-hybridized carbons (Fsp3) is 0. The molecule has 0 aliphatic rings. The van der Waals surface area contributed by atoms with E-state index >= 15 is 35.1 Å². The lowest BCUT2D eigenvalue weighted by molar-refractivity contribution is 0.379. The minimum absolute atomic E-state index is 0.992. The Hall–Kier alpha value is -4.39. The van der Waals surface area contributed by atoms with Crippen molar-refractivity contribution < 1.29 is 83.4 Å². The van der Waals surface area contributed by atoms with Gasteiger partial charge < -0.3 is 0 Å². The molecule has 4 aromatic carbocycles. The molecule has 20 heteroatoms. The van der Waals surface area contributed by atoms with Crippen molar-refractivity contribution in [3.63, 3.8) is 0 Å². The highest BCUT2D eigenvalue weighted by Gasteiger charge is 2.51. The van der Waals surface area contributed by atoms with Gasteiger partial charge in [-0.3, -0.25) is 0 Å². The predicted octanol–water partition coefficient (Wildman–Crippen LogP) is 5.71. The van der Waals surface area contributed by atoms with Crippen LogP contribution < -0.4 is 21.9 Å². The lowest BCUT2D eigenvalue weighted by Gasteiger charge is -2.44. The Morgan fingerprint density at radius 3 is 0.682 bits per heavy atom. The van der Waals surface area contributed by atoms with Gasteiger partial charge in [0.15, 0.2) is 64.0 Å². The first-order chi connectivity index (χ1) is 20.3. The average molecular weight is 661 g/mol. The normalized spacial score (nSPS) is 12.0. The molecule has 0 spiro atoms. The van der Waals surface area contributed by atoms with Gasteiger partial charge in [0.1, 0.15) is 46.9 Å². The van der Waals surface area contributed by atoms with Gasteiger partial charge in [0.2, 0.25) is 0 Å². The van der Waals surface area contributed by atoms with Gasteiger partial charge in [0.05, 0.1) is 5.82 Å². The molecule has 0 atom stereocenters. The number of benzene rings is 4. The SMILES string of the molecule is Fc1cc(F)c([B-](c2c(F)c(F)c(F)c(F)c2F)(c2c(F)c(F)c(F)c(F)c2F)c2c(F)c(F)c(F)c(F)c2F)c(F)c1F. The summed E-state index contributed by atoms with van der Waals surface area (Å²) in [6.45, 7) is 0. The van der Waals surface area contributed by atoms with E-state index in [1.54, 1.807) is 0 Å². The molecule has 0 saturated carbocycles. The van der Waals surface area contributed by atoms with Crippen LogP contribution in [0.1, 0.15) is 0 Å². The highest BCUT2D eigenvalue weighted by atomic mass is 19.2. The molecule has 4 aromatic rings. The van der Waals surface area contributed by atoms with Crippen molar-refractivity contribution in [2.75, 3.05) is 0 Å². The van der Waals surface area contributed by atoms with Gasteiger partial charge in [0.25, 0.3) is 0 Å². The number of hydrogen-bond donors (Lipinski definition) is 0. The van der Waals surface area contributed by atoms with E-state index in [1.807, 2.05) is 0 Å². The van der Waals surface area contributed by atoms with E-state index in [-0.39, 0.29) is 0 Å². The fourth-order valence-electron chi connectivity index (χ4n) is 4.85. The summed E-state index contributed by atoms with van der Waals surface area (Å²) < 4.78 is 279. The maximum absolute atomic E-state index is 15.4. The number of rotatable bonds is 4. The molecule has 0 fully saturated rings. The second-order valence-electron chi connectivity index (χ2n) is 8.70. The monoisotopic (exact) mass is 661 g/mol. The van der Waals surface area contributed by atoms with E-state index < -0.39 is 145 Å². The summed E-state index contributed by atoms with van der Waals surface area (Å²) >= 11 is 0. The summed E-state index contributed by atoms with van der Waals surface area (Å²) in [6.07, 6.45) is -6.96. The molecule has 0 amide bonds. The van der Waals surface area contributed by atoms with Crippen LogP contribution in [0.25, 0.3) is 0 Å². The van der Waals surface area contributed by atoms with Gasteiger partial charge in [-0.2, -0.15) is 0 Å². The molecule has 0 nitrogen and oxygen atoms in total. The maximum Gasteiger partial charge on any atom is 0.200 e. The molecule has 4 rings (SSSR count). The maximum atomic E-state index is 15.4. The standard InChI is InChI=1S/C24HBF19/c26-2-1-3(27)8(28)9(29)4(2)25(5-10(30)16(36)22(42)17(37)11(5)31,6-12(32)18(38)23(43)19(39)13(6)33)7-14(34)20(40)24(44)21(41)15(7)35/h1H/q-1. The first kappa shape index (κ1) is 32.5. The summed E-state index contributed by atoms with van der Waals surface area (Å²) in [5.74, 6) is -64.5. The van der Waals surface area contributed by atoms with Crippen molar-refractivity contribution in [1.82, 2.24) is 0 Å². The second-order valence-corrected chi connectivity index (χ2v) is 8.70. The minimum Gasteiger partial charge on any atom is -0.210 e. The summed E-state index contributed by atoms with van der Waals surface area (Å²) in [6, 6.07) is -0.992. The van der Waals surface area contributed by atoms with Crippen molar-refractivity contribution in [2.24, 2.45) is 0 Å². The minimum atomic E-state index is -6.96. The third-order valence-corrected chi connectivity index (χ3v) is 6.61. The third kappa shape index (κ3) is 4.05. The zero-order valence-corrected chi connectivity index (χ0v) is 19.8. The smallest absolute Gasteiger partial charge is 0.200 e. The highest BCUT2D eigenvalue weighted by molar-refractivity contribution is 7.20. The first-order valence-electron chi connectivity index (χ1n) is 10.8. The predicted molar refractivity (Wildman–Crippen MR) is 109 cm³/mol. The van der Waals surface area contributed by atoms with Gasteiger partial charge >= 0.3 is 0 Å². The second kappa shape index (κ2) is 10.7. The van der Waals surface area contributed by atoms with Gasteiger partial charge in [-0.05, 0) is 0 Å². The van der Waals surface area contributed by atoms with Crippen LogP contribution in [0, 0.1) is 111 Å². The van der Waals surface area contributed by atoms with Crippen molar-refractivity contribution >= 4 is 28.0 Å². The largest absolute Gasteiger partial charge is 0.210 e. The molecular weight excluding hydrogens is 660 g/mol. The molecule has 0 radical (unpaired) electrons. The average Bonchev–Trinajstić information content (AvgIpc) is 2.97. The Kier molecular flexibility index (Phi) is 7.88. The fourth-order valence-corrected chi connectivity index (χ4v) is 4.85. The Morgan fingerprint density at radius 2 is 0.432 bits per heavy atom. The molecular formula is C24HBF19-. The van der Waals surface area contributed by atoms with Crippen LogP contribution in [0.3, 0.4) is 0 Å². The van der Waals surface area contributed by atoms with Crippen molar-refractivity contribution in [3.05, 3.63) is 117 Å². The van der Waals surface area contributed by atoms with Crippen LogP contribution in [0.5, 0.6) is 0 Å². The topological polar surface area (TPSA) is 0 Å². The van der Waals surface area contributed by atoms with Gasteiger partial charge in [0, 0.05) is 6.07 Å². The zero-order valence-electron chi connectivity index (χ0n) is 19.8. The van der Waals surface area contributed by atoms with E-state index in [0.29, 0.717) is 0 Å². The van der Waals surface area contributed by atoms with Crippen molar-refractivity contribution in [3.8, 4) is 0 Å². The van der Waals surface area contributed by atoms with Crippen molar-refractivity contribution in [1.29, 1.82) is 0 Å². The molecule has 0 aromatic heterocycles. The van der Waals surface area contributed by atoms with Crippen LogP contribution in [-0.2, 0) is 0 Å². The number of hydrogen-bond acceptors (Lipinski definition) is 0. The molecule has 0 aliphatic heterocycles. The van der Waals surface area contributed by atoms with Gasteiger partial charge in [-0.15, -0.1) is 21.9 Å². The zero-order chi connectivity index (χ0) is 33.5.